The number of hydrogen-bond donors (Lipinski definition) is 1. The zero-order valence-electron chi connectivity index (χ0n) is 12.7. The molecule has 0 aliphatic heterocycles. The number of fused-ring (bicyclic) bond motifs is 1. The standard InChI is InChI=1S/C18H22N2S/c1-18(14-19,20-2)11-5-6-12-21-17-10-9-15-7-3-4-8-16(15)13-17/h3-4,7-10,13,20H,5-6,11-12H2,1-2H3. The summed E-state index contributed by atoms with van der Waals surface area (Å²) in [6, 6.07) is 17.4. The van der Waals surface area contributed by atoms with E-state index >= 15 is 0 Å². The van der Waals surface area contributed by atoms with Crippen LogP contribution in [-0.4, -0.2) is 18.3 Å². The first-order valence-electron chi connectivity index (χ1n) is 7.39. The third-order valence-corrected chi connectivity index (χ3v) is 4.94. The van der Waals surface area contributed by atoms with Crippen molar-refractivity contribution in [3.63, 3.8) is 0 Å². The van der Waals surface area contributed by atoms with Gasteiger partial charge in [0, 0.05) is 4.90 Å². The summed E-state index contributed by atoms with van der Waals surface area (Å²) in [6.45, 7) is 1.96. The molecule has 0 saturated carbocycles. The third kappa shape index (κ3) is 4.49. The summed E-state index contributed by atoms with van der Waals surface area (Å²) < 4.78 is 0. The number of nitriles is 1. The van der Waals surface area contributed by atoms with Crippen LogP contribution in [0.2, 0.25) is 0 Å². The predicted octanol–water partition coefficient (Wildman–Crippen LogP) is 4.60. The molecule has 1 atom stereocenters. The van der Waals surface area contributed by atoms with Gasteiger partial charge in [-0.3, -0.25) is 0 Å². The van der Waals surface area contributed by atoms with Crippen molar-refractivity contribution < 1.29 is 0 Å². The van der Waals surface area contributed by atoms with Crippen LogP contribution in [0.5, 0.6) is 0 Å². The topological polar surface area (TPSA) is 35.8 Å². The lowest BCUT2D eigenvalue weighted by atomic mass is 9.97. The fraction of sp³-hybridized carbons (Fsp3) is 0.389. The van der Waals surface area contributed by atoms with Crippen LogP contribution in [0.25, 0.3) is 10.8 Å². The van der Waals surface area contributed by atoms with Crippen molar-refractivity contribution in [3.8, 4) is 6.07 Å². The van der Waals surface area contributed by atoms with Gasteiger partial charge in [-0.25, -0.2) is 0 Å². The van der Waals surface area contributed by atoms with Crippen molar-refractivity contribution >= 4 is 22.5 Å². The van der Waals surface area contributed by atoms with Gasteiger partial charge in [-0.05, 0) is 61.9 Å². The molecule has 0 radical (unpaired) electrons. The van der Waals surface area contributed by atoms with Crippen LogP contribution >= 0.6 is 11.8 Å². The predicted molar refractivity (Wildman–Crippen MR) is 91.6 cm³/mol. The number of hydrogen-bond acceptors (Lipinski definition) is 3. The van der Waals surface area contributed by atoms with Gasteiger partial charge in [0.2, 0.25) is 0 Å². The molecule has 3 heteroatoms. The Labute approximate surface area is 131 Å². The summed E-state index contributed by atoms with van der Waals surface area (Å²) in [5, 5.41) is 14.8. The number of thioether (sulfide) groups is 1. The Morgan fingerprint density at radius 3 is 2.62 bits per heavy atom. The zero-order valence-corrected chi connectivity index (χ0v) is 13.5. The van der Waals surface area contributed by atoms with Crippen molar-refractivity contribution in [2.45, 2.75) is 36.6 Å². The van der Waals surface area contributed by atoms with E-state index in [0.29, 0.717) is 0 Å². The molecule has 110 valence electrons. The summed E-state index contributed by atoms with van der Waals surface area (Å²) in [5.74, 6) is 1.10. The summed E-state index contributed by atoms with van der Waals surface area (Å²) in [6.07, 6.45) is 3.11. The van der Waals surface area contributed by atoms with Crippen molar-refractivity contribution in [1.82, 2.24) is 5.32 Å². The van der Waals surface area contributed by atoms with Gasteiger partial charge in [-0.1, -0.05) is 30.3 Å². The molecular weight excluding hydrogens is 276 g/mol. The van der Waals surface area contributed by atoms with E-state index in [-0.39, 0.29) is 5.54 Å². The Balaban J connectivity index is 1.79. The monoisotopic (exact) mass is 298 g/mol. The molecule has 0 saturated heterocycles. The molecule has 0 bridgehead atoms. The lowest BCUT2D eigenvalue weighted by Gasteiger charge is -2.20. The number of rotatable bonds is 7. The maximum atomic E-state index is 9.10. The molecule has 0 aliphatic carbocycles. The van der Waals surface area contributed by atoms with E-state index in [9.17, 15) is 0 Å². The van der Waals surface area contributed by atoms with E-state index in [1.54, 1.807) is 0 Å². The minimum atomic E-state index is -0.381. The molecule has 0 aliphatic rings. The van der Waals surface area contributed by atoms with Crippen LogP contribution in [0.15, 0.2) is 47.4 Å². The summed E-state index contributed by atoms with van der Waals surface area (Å²) >= 11 is 1.90. The van der Waals surface area contributed by atoms with Crippen LogP contribution in [0.1, 0.15) is 26.2 Å². The van der Waals surface area contributed by atoms with E-state index in [1.165, 1.54) is 15.7 Å². The average Bonchev–Trinajstić information content (AvgIpc) is 2.54. The van der Waals surface area contributed by atoms with Gasteiger partial charge in [-0.15, -0.1) is 11.8 Å². The molecule has 2 nitrogen and oxygen atoms in total. The second-order valence-electron chi connectivity index (χ2n) is 5.51. The first-order valence-corrected chi connectivity index (χ1v) is 8.37. The smallest absolute Gasteiger partial charge is 0.103 e. The van der Waals surface area contributed by atoms with E-state index in [1.807, 2.05) is 25.7 Å². The lowest BCUT2D eigenvalue weighted by molar-refractivity contribution is 0.439. The van der Waals surface area contributed by atoms with Crippen LogP contribution in [-0.2, 0) is 0 Å². The SMILES string of the molecule is CNC(C)(C#N)CCCCSc1ccc2ccccc2c1. The lowest BCUT2D eigenvalue weighted by Crippen LogP contribution is -2.37. The molecule has 0 spiro atoms. The van der Waals surface area contributed by atoms with E-state index in [4.69, 9.17) is 5.26 Å². The Kier molecular flexibility index (Phi) is 5.67. The van der Waals surface area contributed by atoms with Crippen LogP contribution in [0, 0.1) is 11.3 Å². The number of benzene rings is 2. The number of nitrogens with one attached hydrogen (secondary N) is 1. The molecule has 0 heterocycles. The quantitative estimate of drug-likeness (QED) is 0.599. The Hall–Kier alpha value is -1.50. The van der Waals surface area contributed by atoms with Crippen molar-refractivity contribution in [1.29, 1.82) is 5.26 Å². The summed E-state index contributed by atoms with van der Waals surface area (Å²) in [4.78, 5) is 1.32. The van der Waals surface area contributed by atoms with Gasteiger partial charge in [0.1, 0.15) is 5.54 Å². The van der Waals surface area contributed by atoms with Gasteiger partial charge in [0.15, 0.2) is 0 Å². The fourth-order valence-corrected chi connectivity index (χ4v) is 3.22. The first kappa shape index (κ1) is 15.9. The first-order chi connectivity index (χ1) is 10.2. The number of unbranched alkanes of at least 4 members (excludes halogenated alkanes) is 1. The second kappa shape index (κ2) is 7.49. The van der Waals surface area contributed by atoms with Crippen LogP contribution in [0.4, 0.5) is 0 Å². The van der Waals surface area contributed by atoms with Crippen molar-refractivity contribution in [3.05, 3.63) is 42.5 Å². The average molecular weight is 298 g/mol. The third-order valence-electron chi connectivity index (χ3n) is 3.86. The van der Waals surface area contributed by atoms with Crippen LogP contribution in [0.3, 0.4) is 0 Å². The molecule has 0 fully saturated rings. The van der Waals surface area contributed by atoms with Gasteiger partial charge in [-0.2, -0.15) is 5.26 Å². The van der Waals surface area contributed by atoms with E-state index in [0.717, 1.165) is 25.0 Å². The Morgan fingerprint density at radius 2 is 1.90 bits per heavy atom. The normalized spacial score (nSPS) is 13.8. The zero-order chi connectivity index (χ0) is 15.1. The summed E-state index contributed by atoms with van der Waals surface area (Å²) in [5.41, 5.74) is -0.381. The minimum Gasteiger partial charge on any atom is -0.303 e. The molecule has 0 amide bonds. The van der Waals surface area contributed by atoms with E-state index in [2.05, 4.69) is 53.9 Å². The molecule has 2 aromatic carbocycles. The molecule has 2 aromatic rings. The Bertz CT molecular complexity index is 632. The number of nitrogens with zero attached hydrogens (tertiary/aromatic N) is 1. The summed E-state index contributed by atoms with van der Waals surface area (Å²) in [7, 11) is 1.85. The minimum absolute atomic E-state index is 0.381. The largest absolute Gasteiger partial charge is 0.303 e. The second-order valence-corrected chi connectivity index (χ2v) is 6.68. The van der Waals surface area contributed by atoms with Crippen molar-refractivity contribution in [2.75, 3.05) is 12.8 Å². The molecule has 21 heavy (non-hydrogen) atoms. The molecule has 2 rings (SSSR count). The van der Waals surface area contributed by atoms with Gasteiger partial charge < -0.3 is 5.32 Å². The highest BCUT2D eigenvalue weighted by Gasteiger charge is 2.19. The molecule has 1 N–H and O–H groups in total. The van der Waals surface area contributed by atoms with Gasteiger partial charge >= 0.3 is 0 Å². The highest BCUT2D eigenvalue weighted by Crippen LogP contribution is 2.25. The van der Waals surface area contributed by atoms with Gasteiger partial charge in [0.05, 0.1) is 6.07 Å². The highest BCUT2D eigenvalue weighted by atomic mass is 32.2. The fourth-order valence-electron chi connectivity index (χ4n) is 2.26. The van der Waals surface area contributed by atoms with Crippen LogP contribution < -0.4 is 5.32 Å². The molecular formula is C18H22N2S. The highest BCUT2D eigenvalue weighted by molar-refractivity contribution is 7.99. The Morgan fingerprint density at radius 1 is 1.14 bits per heavy atom. The maximum Gasteiger partial charge on any atom is 0.103 e. The van der Waals surface area contributed by atoms with Crippen molar-refractivity contribution in [2.24, 2.45) is 0 Å². The van der Waals surface area contributed by atoms with E-state index < -0.39 is 0 Å². The maximum absolute atomic E-state index is 9.10. The molecule has 1 unspecified atom stereocenters. The van der Waals surface area contributed by atoms with Gasteiger partial charge in [0.25, 0.3) is 0 Å². The molecule has 0 aromatic heterocycles.